The predicted molar refractivity (Wildman–Crippen MR) is 83.2 cm³/mol. The van der Waals surface area contributed by atoms with Crippen molar-refractivity contribution in [3.63, 3.8) is 0 Å². The summed E-state index contributed by atoms with van der Waals surface area (Å²) in [7, 11) is 13.0. The van der Waals surface area contributed by atoms with Crippen LogP contribution in [-0.4, -0.2) is 77.6 Å². The van der Waals surface area contributed by atoms with Gasteiger partial charge in [0, 0.05) is 6.07 Å². The van der Waals surface area contributed by atoms with Gasteiger partial charge in [0.25, 0.3) is 0 Å². The Kier molecular flexibility index (Phi) is 5.84. The molecule has 0 radical (unpaired) electrons. The number of ether oxygens (including phenoxy) is 2. The van der Waals surface area contributed by atoms with Crippen LogP contribution >= 0.6 is 0 Å². The van der Waals surface area contributed by atoms with Gasteiger partial charge in [0.1, 0.15) is 37.8 Å². The van der Waals surface area contributed by atoms with E-state index in [9.17, 15) is 0 Å². The second kappa shape index (κ2) is 6.95. The number of likely N-dealkylation sites (N-methyl/N-ethyl adjacent to an activating group) is 2. The van der Waals surface area contributed by atoms with E-state index in [1.54, 1.807) is 0 Å². The lowest BCUT2D eigenvalue weighted by Gasteiger charge is -2.24. The molecule has 0 heterocycles. The topological polar surface area (TPSA) is 18.5 Å². The van der Waals surface area contributed by atoms with E-state index in [1.165, 1.54) is 0 Å². The molecule has 4 nitrogen and oxygen atoms in total. The van der Waals surface area contributed by atoms with Crippen LogP contribution in [0.2, 0.25) is 0 Å². The van der Waals surface area contributed by atoms with Crippen LogP contribution in [0.15, 0.2) is 24.3 Å². The van der Waals surface area contributed by atoms with E-state index in [4.69, 9.17) is 9.47 Å². The smallest absolute Gasteiger partial charge is 0.137 e. The average Bonchev–Trinajstić information content (AvgIpc) is 2.26. The second-order valence-electron chi connectivity index (χ2n) is 7.20. The maximum Gasteiger partial charge on any atom is 0.137 e. The molecule has 0 unspecified atom stereocenters. The minimum atomic E-state index is 0.714. The molecule has 4 heteroatoms. The Balaban J connectivity index is 2.41. The fourth-order valence-electron chi connectivity index (χ4n) is 1.53. The van der Waals surface area contributed by atoms with Gasteiger partial charge in [-0.3, -0.25) is 0 Å². The molecule has 0 bridgehead atoms. The molecule has 114 valence electrons. The molecule has 0 N–H and O–H groups in total. The van der Waals surface area contributed by atoms with Crippen LogP contribution in [0.25, 0.3) is 0 Å². The summed E-state index contributed by atoms with van der Waals surface area (Å²) in [6, 6.07) is 7.89. The fourth-order valence-corrected chi connectivity index (χ4v) is 1.53. The summed E-state index contributed by atoms with van der Waals surface area (Å²) < 4.78 is 13.3. The quantitative estimate of drug-likeness (QED) is 0.678. The van der Waals surface area contributed by atoms with Crippen molar-refractivity contribution in [2.75, 3.05) is 68.6 Å². The molecule has 0 saturated carbocycles. The Morgan fingerprint density at radius 1 is 0.750 bits per heavy atom. The van der Waals surface area contributed by atoms with E-state index in [1.807, 2.05) is 24.3 Å². The Bertz CT molecular complexity index is 370. The van der Waals surface area contributed by atoms with Crippen molar-refractivity contribution in [1.82, 2.24) is 0 Å². The van der Waals surface area contributed by atoms with Crippen molar-refractivity contribution in [3.05, 3.63) is 24.3 Å². The number of benzene rings is 1. The first-order chi connectivity index (χ1) is 9.16. The van der Waals surface area contributed by atoms with Gasteiger partial charge >= 0.3 is 0 Å². The summed E-state index contributed by atoms with van der Waals surface area (Å²) in [4.78, 5) is 0. The first-order valence-electron chi connectivity index (χ1n) is 7.12. The van der Waals surface area contributed by atoms with E-state index in [0.717, 1.165) is 33.6 Å². The number of rotatable bonds is 8. The summed E-state index contributed by atoms with van der Waals surface area (Å²) in [5, 5.41) is 0. The van der Waals surface area contributed by atoms with Crippen LogP contribution in [0, 0.1) is 0 Å². The number of nitrogens with zero attached hydrogens (tertiary/aromatic N) is 2. The maximum absolute atomic E-state index is 5.77. The van der Waals surface area contributed by atoms with E-state index in [-0.39, 0.29) is 0 Å². The van der Waals surface area contributed by atoms with Crippen molar-refractivity contribution >= 4 is 0 Å². The van der Waals surface area contributed by atoms with Crippen LogP contribution in [0.3, 0.4) is 0 Å². The summed E-state index contributed by atoms with van der Waals surface area (Å²) in [6.07, 6.45) is 0. The third-order valence-electron chi connectivity index (χ3n) is 2.87. The molecule has 0 atom stereocenters. The molecule has 0 spiro atoms. The molecule has 0 aliphatic rings. The molecule has 0 aromatic heterocycles. The summed E-state index contributed by atoms with van der Waals surface area (Å²) in [5.41, 5.74) is 0. The molecule has 0 amide bonds. The zero-order valence-corrected chi connectivity index (χ0v) is 13.8. The van der Waals surface area contributed by atoms with Crippen molar-refractivity contribution in [2.45, 2.75) is 0 Å². The second-order valence-corrected chi connectivity index (χ2v) is 7.20. The summed E-state index contributed by atoms with van der Waals surface area (Å²) in [5.74, 6) is 1.75. The molecule has 1 aromatic carbocycles. The molecule has 0 saturated heterocycles. The highest BCUT2D eigenvalue weighted by atomic mass is 16.5. The Hall–Kier alpha value is -1.26. The van der Waals surface area contributed by atoms with Gasteiger partial charge in [0.15, 0.2) is 0 Å². The van der Waals surface area contributed by atoms with E-state index >= 15 is 0 Å². The zero-order chi connectivity index (χ0) is 15.2. The molecular formula is C16H30N2O2+2. The van der Waals surface area contributed by atoms with Crippen LogP contribution < -0.4 is 9.47 Å². The van der Waals surface area contributed by atoms with E-state index < -0.39 is 0 Å². The highest BCUT2D eigenvalue weighted by Gasteiger charge is 2.08. The Morgan fingerprint density at radius 2 is 1.15 bits per heavy atom. The SMILES string of the molecule is C[N+](C)(C)CCOc1cccc(OCC[N+](C)(C)C)c1. The highest BCUT2D eigenvalue weighted by molar-refractivity contribution is 5.32. The van der Waals surface area contributed by atoms with Crippen LogP contribution in [0.1, 0.15) is 0 Å². The van der Waals surface area contributed by atoms with Crippen molar-refractivity contribution in [3.8, 4) is 11.5 Å². The third kappa shape index (κ3) is 8.02. The predicted octanol–water partition coefficient (Wildman–Crippen LogP) is 1.86. The first kappa shape index (κ1) is 16.8. The third-order valence-corrected chi connectivity index (χ3v) is 2.87. The minimum absolute atomic E-state index is 0.714. The largest absolute Gasteiger partial charge is 0.488 e. The van der Waals surface area contributed by atoms with Gasteiger partial charge < -0.3 is 18.4 Å². The van der Waals surface area contributed by atoms with Crippen LogP contribution in [-0.2, 0) is 0 Å². The van der Waals surface area contributed by atoms with Gasteiger partial charge in [-0.2, -0.15) is 0 Å². The lowest BCUT2D eigenvalue weighted by molar-refractivity contribution is -0.870. The molecular weight excluding hydrogens is 252 g/mol. The van der Waals surface area contributed by atoms with Crippen molar-refractivity contribution in [2.24, 2.45) is 0 Å². The molecule has 0 fully saturated rings. The lowest BCUT2D eigenvalue weighted by Crippen LogP contribution is -2.38. The van der Waals surface area contributed by atoms with Gasteiger partial charge in [-0.25, -0.2) is 0 Å². The fraction of sp³-hybridized carbons (Fsp3) is 0.625. The van der Waals surface area contributed by atoms with Crippen molar-refractivity contribution in [1.29, 1.82) is 0 Å². The normalized spacial score (nSPS) is 12.3. The Labute approximate surface area is 123 Å². The van der Waals surface area contributed by atoms with Gasteiger partial charge in [0.2, 0.25) is 0 Å². The van der Waals surface area contributed by atoms with Gasteiger partial charge in [-0.05, 0) is 12.1 Å². The van der Waals surface area contributed by atoms with Gasteiger partial charge in [-0.15, -0.1) is 0 Å². The van der Waals surface area contributed by atoms with E-state index in [0.29, 0.717) is 13.2 Å². The molecule has 20 heavy (non-hydrogen) atoms. The maximum atomic E-state index is 5.77. The standard InChI is InChI=1S/C16H30N2O2/c1-17(2,3)10-12-19-15-8-7-9-16(14-15)20-13-11-18(4,5)6/h7-9,14H,10-13H2,1-6H3/q+2. The van der Waals surface area contributed by atoms with Gasteiger partial charge in [-0.1, -0.05) is 6.07 Å². The molecule has 1 rings (SSSR count). The molecule has 0 aliphatic heterocycles. The summed E-state index contributed by atoms with van der Waals surface area (Å²) >= 11 is 0. The zero-order valence-electron chi connectivity index (χ0n) is 13.8. The van der Waals surface area contributed by atoms with Crippen LogP contribution in [0.4, 0.5) is 0 Å². The highest BCUT2D eigenvalue weighted by Crippen LogP contribution is 2.19. The molecule has 1 aromatic rings. The monoisotopic (exact) mass is 282 g/mol. The van der Waals surface area contributed by atoms with Crippen molar-refractivity contribution < 1.29 is 18.4 Å². The average molecular weight is 282 g/mol. The van der Waals surface area contributed by atoms with E-state index in [2.05, 4.69) is 42.3 Å². The number of hydrogen-bond donors (Lipinski definition) is 0. The first-order valence-corrected chi connectivity index (χ1v) is 7.12. The lowest BCUT2D eigenvalue weighted by atomic mass is 10.3. The summed E-state index contributed by atoms with van der Waals surface area (Å²) in [6.45, 7) is 3.39. The molecule has 0 aliphatic carbocycles. The number of quaternary nitrogens is 2. The Morgan fingerprint density at radius 3 is 1.50 bits per heavy atom. The van der Waals surface area contributed by atoms with Crippen LogP contribution in [0.5, 0.6) is 11.5 Å². The minimum Gasteiger partial charge on any atom is -0.488 e. The number of hydrogen-bond acceptors (Lipinski definition) is 2. The van der Waals surface area contributed by atoms with Gasteiger partial charge in [0.05, 0.1) is 42.3 Å².